The van der Waals surface area contributed by atoms with Gasteiger partial charge in [-0.1, -0.05) is 0 Å². The molecule has 0 radical (unpaired) electrons. The summed E-state index contributed by atoms with van der Waals surface area (Å²) < 4.78 is 0. The van der Waals surface area contributed by atoms with Crippen molar-refractivity contribution in [1.29, 1.82) is 0 Å². The number of nitrogens with one attached hydrogen (secondary N) is 1. The molecule has 2 fully saturated rings. The van der Waals surface area contributed by atoms with Crippen molar-refractivity contribution >= 4 is 17.5 Å². The lowest BCUT2D eigenvalue weighted by Crippen LogP contribution is -2.34. The standard InChI is InChI=1S/C8H12ClNO/c9-6-1-2-7-5(3-6)4-8(11)10-7/h5-7H,1-4H2,(H,10,11). The summed E-state index contributed by atoms with van der Waals surface area (Å²) in [7, 11) is 0. The Hall–Kier alpha value is -0.240. The summed E-state index contributed by atoms with van der Waals surface area (Å²) in [5.41, 5.74) is 0. The minimum absolute atomic E-state index is 0.214. The molecule has 0 bridgehead atoms. The maximum atomic E-state index is 11.0. The fraction of sp³-hybridized carbons (Fsp3) is 0.875. The number of halogens is 1. The normalized spacial score (nSPS) is 43.4. The number of alkyl halides is 1. The monoisotopic (exact) mass is 173 g/mol. The van der Waals surface area contributed by atoms with Crippen LogP contribution in [0.25, 0.3) is 0 Å². The van der Waals surface area contributed by atoms with Crippen molar-refractivity contribution in [1.82, 2.24) is 5.32 Å². The first-order chi connectivity index (χ1) is 5.25. The van der Waals surface area contributed by atoms with Gasteiger partial charge in [0.25, 0.3) is 0 Å². The van der Waals surface area contributed by atoms with E-state index in [4.69, 9.17) is 11.6 Å². The second-order valence-electron chi connectivity index (χ2n) is 3.55. The van der Waals surface area contributed by atoms with Crippen molar-refractivity contribution in [3.63, 3.8) is 0 Å². The number of carbonyl (C=O) groups excluding carboxylic acids is 1. The molecule has 0 aromatic heterocycles. The Labute approximate surface area is 71.3 Å². The van der Waals surface area contributed by atoms with E-state index in [1.807, 2.05) is 0 Å². The second-order valence-corrected chi connectivity index (χ2v) is 4.17. The highest BCUT2D eigenvalue weighted by Crippen LogP contribution is 2.33. The van der Waals surface area contributed by atoms with Crippen LogP contribution in [0, 0.1) is 5.92 Å². The first-order valence-corrected chi connectivity index (χ1v) is 4.63. The third-order valence-electron chi connectivity index (χ3n) is 2.71. The van der Waals surface area contributed by atoms with Crippen LogP contribution >= 0.6 is 11.6 Å². The molecule has 62 valence electrons. The van der Waals surface area contributed by atoms with Gasteiger partial charge in [0.1, 0.15) is 0 Å². The molecule has 1 saturated heterocycles. The number of hydrogen-bond acceptors (Lipinski definition) is 1. The molecule has 1 amide bonds. The van der Waals surface area contributed by atoms with E-state index in [-0.39, 0.29) is 5.91 Å². The molecule has 1 aliphatic carbocycles. The van der Waals surface area contributed by atoms with E-state index in [9.17, 15) is 4.79 Å². The molecular weight excluding hydrogens is 162 g/mol. The molecule has 1 N–H and O–H groups in total. The van der Waals surface area contributed by atoms with Crippen LogP contribution in [0.1, 0.15) is 25.7 Å². The highest BCUT2D eigenvalue weighted by molar-refractivity contribution is 6.20. The van der Waals surface area contributed by atoms with Crippen LogP contribution < -0.4 is 5.32 Å². The molecule has 0 aromatic carbocycles. The summed E-state index contributed by atoms with van der Waals surface area (Å²) in [5.74, 6) is 0.740. The molecule has 1 saturated carbocycles. The van der Waals surface area contributed by atoms with Gasteiger partial charge in [0.05, 0.1) is 0 Å². The van der Waals surface area contributed by atoms with Crippen LogP contribution in [0.15, 0.2) is 0 Å². The Balaban J connectivity index is 2.02. The molecule has 0 spiro atoms. The number of rotatable bonds is 0. The number of amides is 1. The number of carbonyl (C=O) groups is 1. The third kappa shape index (κ3) is 1.36. The fourth-order valence-electron chi connectivity index (χ4n) is 2.13. The van der Waals surface area contributed by atoms with Crippen LogP contribution in [0.2, 0.25) is 0 Å². The molecular formula is C8H12ClNO. The van der Waals surface area contributed by atoms with E-state index >= 15 is 0 Å². The summed E-state index contributed by atoms with van der Waals surface area (Å²) in [6.45, 7) is 0. The fourth-order valence-corrected chi connectivity index (χ4v) is 2.48. The Morgan fingerprint density at radius 3 is 3.09 bits per heavy atom. The Morgan fingerprint density at radius 1 is 1.45 bits per heavy atom. The molecule has 2 rings (SSSR count). The SMILES string of the molecule is O=C1CC2CC(Cl)CCC2N1. The lowest BCUT2D eigenvalue weighted by molar-refractivity contribution is -0.119. The van der Waals surface area contributed by atoms with Crippen LogP contribution in [0.4, 0.5) is 0 Å². The lowest BCUT2D eigenvalue weighted by atomic mass is 9.85. The maximum absolute atomic E-state index is 11.0. The van der Waals surface area contributed by atoms with E-state index in [0.717, 1.165) is 19.3 Å². The minimum atomic E-state index is 0.214. The topological polar surface area (TPSA) is 29.1 Å². The molecule has 1 heterocycles. The van der Waals surface area contributed by atoms with Crippen LogP contribution in [-0.4, -0.2) is 17.3 Å². The predicted octanol–water partition coefficient (Wildman–Crippen LogP) is 1.28. The van der Waals surface area contributed by atoms with Crippen LogP contribution in [0.5, 0.6) is 0 Å². The Bertz CT molecular complexity index is 183. The van der Waals surface area contributed by atoms with Gasteiger partial charge in [-0.2, -0.15) is 0 Å². The molecule has 2 nitrogen and oxygen atoms in total. The van der Waals surface area contributed by atoms with Gasteiger partial charge < -0.3 is 5.32 Å². The first kappa shape index (κ1) is 7.41. The number of hydrogen-bond donors (Lipinski definition) is 1. The van der Waals surface area contributed by atoms with Gasteiger partial charge in [0.15, 0.2) is 0 Å². The lowest BCUT2D eigenvalue weighted by Gasteiger charge is -2.27. The molecule has 3 atom stereocenters. The molecule has 1 aliphatic heterocycles. The highest BCUT2D eigenvalue weighted by Gasteiger charge is 2.36. The van der Waals surface area contributed by atoms with E-state index in [1.54, 1.807) is 0 Å². The average molecular weight is 174 g/mol. The Kier molecular flexibility index (Phi) is 1.80. The van der Waals surface area contributed by atoms with Crippen molar-refractivity contribution in [2.75, 3.05) is 0 Å². The van der Waals surface area contributed by atoms with Gasteiger partial charge in [-0.25, -0.2) is 0 Å². The summed E-state index contributed by atoms with van der Waals surface area (Å²) in [5, 5.41) is 3.29. The van der Waals surface area contributed by atoms with Crippen molar-refractivity contribution in [2.24, 2.45) is 5.92 Å². The second kappa shape index (κ2) is 2.67. The molecule has 11 heavy (non-hydrogen) atoms. The Morgan fingerprint density at radius 2 is 2.27 bits per heavy atom. The van der Waals surface area contributed by atoms with Crippen LogP contribution in [0.3, 0.4) is 0 Å². The zero-order valence-electron chi connectivity index (χ0n) is 6.35. The molecule has 3 heteroatoms. The highest BCUT2D eigenvalue weighted by atomic mass is 35.5. The third-order valence-corrected chi connectivity index (χ3v) is 3.11. The number of fused-ring (bicyclic) bond motifs is 1. The minimum Gasteiger partial charge on any atom is -0.353 e. The molecule has 0 aromatic rings. The van der Waals surface area contributed by atoms with Gasteiger partial charge >= 0.3 is 0 Å². The smallest absolute Gasteiger partial charge is 0.220 e. The van der Waals surface area contributed by atoms with E-state index in [1.165, 1.54) is 0 Å². The maximum Gasteiger partial charge on any atom is 0.220 e. The quantitative estimate of drug-likeness (QED) is 0.550. The van der Waals surface area contributed by atoms with Gasteiger partial charge in [-0.15, -0.1) is 11.6 Å². The van der Waals surface area contributed by atoms with E-state index < -0.39 is 0 Å². The molecule has 2 aliphatic rings. The van der Waals surface area contributed by atoms with Gasteiger partial charge in [-0.05, 0) is 25.2 Å². The van der Waals surface area contributed by atoms with Crippen molar-refractivity contribution < 1.29 is 4.79 Å². The van der Waals surface area contributed by atoms with Crippen molar-refractivity contribution in [3.8, 4) is 0 Å². The summed E-state index contributed by atoms with van der Waals surface area (Å²) in [4.78, 5) is 11.0. The van der Waals surface area contributed by atoms with E-state index in [2.05, 4.69) is 5.32 Å². The zero-order valence-corrected chi connectivity index (χ0v) is 7.10. The van der Waals surface area contributed by atoms with Gasteiger partial charge in [0, 0.05) is 17.8 Å². The molecule has 3 unspecified atom stereocenters. The first-order valence-electron chi connectivity index (χ1n) is 4.19. The largest absolute Gasteiger partial charge is 0.353 e. The summed E-state index contributed by atoms with van der Waals surface area (Å²) in [6.07, 6.45) is 3.85. The predicted molar refractivity (Wildman–Crippen MR) is 43.5 cm³/mol. The zero-order chi connectivity index (χ0) is 7.84. The van der Waals surface area contributed by atoms with E-state index in [0.29, 0.717) is 23.8 Å². The van der Waals surface area contributed by atoms with Gasteiger partial charge in [0.2, 0.25) is 5.91 Å². The summed E-state index contributed by atoms with van der Waals surface area (Å²) >= 11 is 5.99. The van der Waals surface area contributed by atoms with Crippen molar-refractivity contribution in [2.45, 2.75) is 37.1 Å². The average Bonchev–Trinajstić information content (AvgIpc) is 2.27. The van der Waals surface area contributed by atoms with Crippen LogP contribution in [-0.2, 0) is 4.79 Å². The van der Waals surface area contributed by atoms with Gasteiger partial charge in [-0.3, -0.25) is 4.79 Å². The summed E-state index contributed by atoms with van der Waals surface area (Å²) in [6, 6.07) is 0.442. The van der Waals surface area contributed by atoms with Crippen molar-refractivity contribution in [3.05, 3.63) is 0 Å².